The van der Waals surface area contributed by atoms with E-state index in [4.69, 9.17) is 10.5 Å². The minimum absolute atomic E-state index is 0.312. The molecule has 0 spiro atoms. The fraction of sp³-hybridized carbons (Fsp3) is 0.692. The maximum Gasteiger partial charge on any atom is 0.0674 e. The highest BCUT2D eigenvalue weighted by Gasteiger charge is 2.24. The van der Waals surface area contributed by atoms with Crippen molar-refractivity contribution in [1.29, 1.82) is 0 Å². The number of rotatable bonds is 3. The highest BCUT2D eigenvalue weighted by molar-refractivity contribution is 7.10. The molecule has 2 atom stereocenters. The van der Waals surface area contributed by atoms with Crippen molar-refractivity contribution in [3.63, 3.8) is 0 Å². The van der Waals surface area contributed by atoms with Gasteiger partial charge in [-0.05, 0) is 37.3 Å². The SMILES string of the molecule is Cc1ccsc1C(CN)N1CCCOC(C)C1. The minimum atomic E-state index is 0.312. The van der Waals surface area contributed by atoms with Gasteiger partial charge >= 0.3 is 0 Å². The second kappa shape index (κ2) is 5.96. The van der Waals surface area contributed by atoms with Crippen molar-refractivity contribution < 1.29 is 4.74 Å². The van der Waals surface area contributed by atoms with Gasteiger partial charge in [-0.2, -0.15) is 0 Å². The molecule has 1 aliphatic rings. The summed E-state index contributed by atoms with van der Waals surface area (Å²) < 4.78 is 5.70. The van der Waals surface area contributed by atoms with Crippen LogP contribution in [0.3, 0.4) is 0 Å². The van der Waals surface area contributed by atoms with E-state index in [0.29, 0.717) is 18.7 Å². The van der Waals surface area contributed by atoms with Crippen molar-refractivity contribution in [1.82, 2.24) is 4.90 Å². The molecule has 2 unspecified atom stereocenters. The first-order chi connectivity index (χ1) is 8.22. The van der Waals surface area contributed by atoms with Crippen LogP contribution in [-0.2, 0) is 4.74 Å². The van der Waals surface area contributed by atoms with Crippen LogP contribution in [0.1, 0.15) is 29.8 Å². The summed E-state index contributed by atoms with van der Waals surface area (Å²) in [4.78, 5) is 3.90. The molecule has 1 aliphatic heterocycles. The van der Waals surface area contributed by atoms with E-state index in [1.54, 1.807) is 0 Å². The first-order valence-corrected chi connectivity index (χ1v) is 7.20. The molecule has 0 saturated carbocycles. The van der Waals surface area contributed by atoms with Crippen LogP contribution in [0.4, 0.5) is 0 Å². The third-order valence-electron chi connectivity index (χ3n) is 3.35. The van der Waals surface area contributed by atoms with E-state index < -0.39 is 0 Å². The second-order valence-corrected chi connectivity index (χ2v) is 5.70. The van der Waals surface area contributed by atoms with Gasteiger partial charge in [-0.25, -0.2) is 0 Å². The predicted octanol–water partition coefficient (Wildman–Crippen LogP) is 2.17. The normalized spacial score (nSPS) is 24.5. The highest BCUT2D eigenvalue weighted by Crippen LogP contribution is 2.29. The molecule has 96 valence electrons. The summed E-state index contributed by atoms with van der Waals surface area (Å²) >= 11 is 1.82. The minimum Gasteiger partial charge on any atom is -0.377 e. The fourth-order valence-electron chi connectivity index (χ4n) is 2.46. The molecule has 0 bridgehead atoms. The Hall–Kier alpha value is -0.420. The molecule has 1 fully saturated rings. The zero-order chi connectivity index (χ0) is 12.3. The van der Waals surface area contributed by atoms with Gasteiger partial charge in [-0.3, -0.25) is 4.90 Å². The molecular weight excluding hydrogens is 232 g/mol. The van der Waals surface area contributed by atoms with E-state index >= 15 is 0 Å². The Kier molecular flexibility index (Phi) is 4.56. The Morgan fingerprint density at radius 3 is 3.12 bits per heavy atom. The lowest BCUT2D eigenvalue weighted by Crippen LogP contribution is -2.37. The van der Waals surface area contributed by atoms with Crippen LogP contribution in [0, 0.1) is 6.92 Å². The number of hydrogen-bond donors (Lipinski definition) is 1. The van der Waals surface area contributed by atoms with Gasteiger partial charge in [-0.1, -0.05) is 0 Å². The lowest BCUT2D eigenvalue weighted by atomic mass is 10.1. The van der Waals surface area contributed by atoms with Crippen LogP contribution in [0.5, 0.6) is 0 Å². The number of ether oxygens (including phenoxy) is 1. The molecule has 17 heavy (non-hydrogen) atoms. The summed E-state index contributed by atoms with van der Waals surface area (Å²) in [6.07, 6.45) is 1.41. The fourth-order valence-corrected chi connectivity index (χ4v) is 3.53. The number of aryl methyl sites for hydroxylation is 1. The first-order valence-electron chi connectivity index (χ1n) is 6.32. The number of nitrogens with two attached hydrogens (primary N) is 1. The first kappa shape index (κ1) is 13.0. The van der Waals surface area contributed by atoms with Gasteiger partial charge in [0.25, 0.3) is 0 Å². The average Bonchev–Trinajstić information content (AvgIpc) is 2.60. The average molecular weight is 254 g/mol. The van der Waals surface area contributed by atoms with E-state index in [9.17, 15) is 0 Å². The zero-order valence-electron chi connectivity index (χ0n) is 10.7. The van der Waals surface area contributed by atoms with Crippen LogP contribution in [-0.4, -0.2) is 37.2 Å². The van der Waals surface area contributed by atoms with E-state index in [1.807, 2.05) is 11.3 Å². The smallest absolute Gasteiger partial charge is 0.0674 e. The lowest BCUT2D eigenvalue weighted by Gasteiger charge is -2.30. The quantitative estimate of drug-likeness (QED) is 0.898. The summed E-state index contributed by atoms with van der Waals surface area (Å²) in [5.41, 5.74) is 7.35. The molecule has 0 aliphatic carbocycles. The van der Waals surface area contributed by atoms with Gasteiger partial charge in [0.2, 0.25) is 0 Å². The van der Waals surface area contributed by atoms with Crippen molar-refractivity contribution in [2.45, 2.75) is 32.4 Å². The molecule has 4 heteroatoms. The van der Waals surface area contributed by atoms with E-state index in [1.165, 1.54) is 10.4 Å². The van der Waals surface area contributed by atoms with Crippen LogP contribution >= 0.6 is 11.3 Å². The predicted molar refractivity (Wildman–Crippen MR) is 72.5 cm³/mol. The summed E-state index contributed by atoms with van der Waals surface area (Å²) in [6.45, 7) is 7.95. The molecule has 2 N–H and O–H groups in total. The molecule has 2 heterocycles. The lowest BCUT2D eigenvalue weighted by molar-refractivity contribution is 0.0614. The molecule has 1 aromatic rings. The van der Waals surface area contributed by atoms with Gasteiger partial charge in [0.05, 0.1) is 12.1 Å². The maximum absolute atomic E-state index is 5.98. The number of thiophene rings is 1. The van der Waals surface area contributed by atoms with Crippen molar-refractivity contribution >= 4 is 11.3 Å². The third kappa shape index (κ3) is 3.07. The van der Waals surface area contributed by atoms with Crippen LogP contribution < -0.4 is 5.73 Å². The summed E-state index contributed by atoms with van der Waals surface area (Å²) in [5.74, 6) is 0. The van der Waals surface area contributed by atoms with Crippen molar-refractivity contribution in [3.8, 4) is 0 Å². The topological polar surface area (TPSA) is 38.5 Å². The zero-order valence-corrected chi connectivity index (χ0v) is 11.5. The maximum atomic E-state index is 5.98. The molecule has 0 amide bonds. The Morgan fingerprint density at radius 1 is 1.65 bits per heavy atom. The van der Waals surface area contributed by atoms with E-state index in [2.05, 4.69) is 30.2 Å². The third-order valence-corrected chi connectivity index (χ3v) is 4.47. The Labute approximate surface area is 108 Å². The molecule has 1 aromatic heterocycles. The van der Waals surface area contributed by atoms with Crippen LogP contribution in [0.25, 0.3) is 0 Å². The number of nitrogens with zero attached hydrogens (tertiary/aromatic N) is 1. The molecule has 0 radical (unpaired) electrons. The monoisotopic (exact) mass is 254 g/mol. The Balaban J connectivity index is 2.14. The van der Waals surface area contributed by atoms with Gasteiger partial charge < -0.3 is 10.5 Å². The second-order valence-electron chi connectivity index (χ2n) is 4.75. The standard InChI is InChI=1S/C13H22N2OS/c1-10-4-7-17-13(10)12(8-14)15-5-3-6-16-11(2)9-15/h4,7,11-12H,3,5-6,8-9,14H2,1-2H3. The van der Waals surface area contributed by atoms with Gasteiger partial charge in [0.15, 0.2) is 0 Å². The van der Waals surface area contributed by atoms with E-state index in [0.717, 1.165) is 26.1 Å². The van der Waals surface area contributed by atoms with Crippen molar-refractivity contribution in [3.05, 3.63) is 21.9 Å². The summed E-state index contributed by atoms with van der Waals surface area (Å²) in [5, 5.41) is 2.16. The molecule has 3 nitrogen and oxygen atoms in total. The van der Waals surface area contributed by atoms with Crippen LogP contribution in [0.15, 0.2) is 11.4 Å². The molecule has 2 rings (SSSR count). The Bertz CT molecular complexity index is 353. The Morgan fingerprint density at radius 2 is 2.47 bits per heavy atom. The van der Waals surface area contributed by atoms with Crippen molar-refractivity contribution in [2.75, 3.05) is 26.2 Å². The molecular formula is C13H22N2OS. The van der Waals surface area contributed by atoms with E-state index in [-0.39, 0.29) is 0 Å². The van der Waals surface area contributed by atoms with Crippen LogP contribution in [0.2, 0.25) is 0 Å². The van der Waals surface area contributed by atoms with Gasteiger partial charge in [0, 0.05) is 31.1 Å². The highest BCUT2D eigenvalue weighted by atomic mass is 32.1. The summed E-state index contributed by atoms with van der Waals surface area (Å²) in [6, 6.07) is 2.54. The molecule has 0 aromatic carbocycles. The number of hydrogen-bond acceptors (Lipinski definition) is 4. The van der Waals surface area contributed by atoms with Crippen molar-refractivity contribution in [2.24, 2.45) is 5.73 Å². The van der Waals surface area contributed by atoms with Gasteiger partial charge in [-0.15, -0.1) is 11.3 Å². The molecule has 1 saturated heterocycles. The summed E-state index contributed by atoms with van der Waals surface area (Å²) in [7, 11) is 0. The largest absolute Gasteiger partial charge is 0.377 e. The van der Waals surface area contributed by atoms with Gasteiger partial charge in [0.1, 0.15) is 0 Å².